The number of halogens is 2. The molecule has 0 aromatic carbocycles. The summed E-state index contributed by atoms with van der Waals surface area (Å²) in [7, 11) is 0. The number of H-pyrrole nitrogens is 1. The molecule has 132 valence electrons. The summed E-state index contributed by atoms with van der Waals surface area (Å²) in [6, 6.07) is -0.169. The Bertz CT molecular complexity index is 614. The monoisotopic (exact) mass is 337 g/mol. The van der Waals surface area contributed by atoms with E-state index in [0.29, 0.717) is 31.4 Å². The molecule has 1 fully saturated rings. The number of hydrogen-bond donors (Lipinski definition) is 4. The Morgan fingerprint density at radius 3 is 2.33 bits per heavy atom. The quantitative estimate of drug-likeness (QED) is 0.567. The van der Waals surface area contributed by atoms with Crippen LogP contribution in [0.5, 0.6) is 0 Å². The number of aromatic amines is 1. The highest BCUT2D eigenvalue weighted by Gasteiger charge is 2.33. The summed E-state index contributed by atoms with van der Waals surface area (Å²) in [4.78, 5) is 7.42. The zero-order valence-corrected chi connectivity index (χ0v) is 14.1. The molecular weight excluding hydrogens is 312 g/mol. The van der Waals surface area contributed by atoms with Crippen LogP contribution in [0.15, 0.2) is 18.5 Å². The molecule has 0 aliphatic heterocycles. The molecule has 1 aromatic rings. The number of alkyl halides is 2. The number of nitrogens with zero attached hydrogens (tertiary/aromatic N) is 1. The van der Waals surface area contributed by atoms with Crippen LogP contribution < -0.4 is 5.32 Å². The van der Waals surface area contributed by atoms with Crippen LogP contribution in [-0.4, -0.2) is 27.8 Å². The second-order valence-electron chi connectivity index (χ2n) is 6.53. The van der Waals surface area contributed by atoms with Crippen molar-refractivity contribution in [3.05, 3.63) is 30.0 Å². The van der Waals surface area contributed by atoms with Gasteiger partial charge in [0.05, 0.1) is 35.1 Å². The summed E-state index contributed by atoms with van der Waals surface area (Å²) in [5.74, 6) is 0.424. The molecule has 0 saturated heterocycles. The van der Waals surface area contributed by atoms with Crippen LogP contribution >= 0.6 is 0 Å². The predicted molar refractivity (Wildman–Crippen MR) is 90.9 cm³/mol. The molecule has 1 aliphatic rings. The third-order valence-corrected chi connectivity index (χ3v) is 4.71. The fourth-order valence-corrected chi connectivity index (χ4v) is 3.26. The first kappa shape index (κ1) is 18.3. The zero-order chi connectivity index (χ0) is 17.9. The van der Waals surface area contributed by atoms with Crippen molar-refractivity contribution in [2.45, 2.75) is 52.0 Å². The molecule has 7 heteroatoms. The molecule has 1 aliphatic carbocycles. The zero-order valence-electron chi connectivity index (χ0n) is 14.1. The van der Waals surface area contributed by atoms with Crippen molar-refractivity contribution in [1.29, 1.82) is 10.8 Å². The van der Waals surface area contributed by atoms with Gasteiger partial charge in [-0.1, -0.05) is 6.58 Å². The number of allylic oxidation sites excluding steroid dienone is 1. The van der Waals surface area contributed by atoms with Gasteiger partial charge in [-0.3, -0.25) is 5.41 Å². The molecule has 1 aromatic heterocycles. The number of aryl methyl sites for hydroxylation is 1. The molecule has 1 saturated carbocycles. The van der Waals surface area contributed by atoms with Crippen LogP contribution in [0.1, 0.15) is 50.2 Å². The number of imidazole rings is 1. The molecule has 2 rings (SSSR count). The lowest BCUT2D eigenvalue weighted by molar-refractivity contribution is 0.0423. The van der Waals surface area contributed by atoms with Gasteiger partial charge in [0.15, 0.2) is 0 Å². The first-order valence-electron chi connectivity index (χ1n) is 8.19. The van der Waals surface area contributed by atoms with E-state index in [4.69, 9.17) is 10.8 Å². The van der Waals surface area contributed by atoms with Crippen molar-refractivity contribution < 1.29 is 8.78 Å². The largest absolute Gasteiger partial charge is 0.375 e. The van der Waals surface area contributed by atoms with Gasteiger partial charge in [0.25, 0.3) is 0 Å². The van der Waals surface area contributed by atoms with E-state index in [1.165, 1.54) is 0 Å². The van der Waals surface area contributed by atoms with Gasteiger partial charge in [-0.15, -0.1) is 0 Å². The van der Waals surface area contributed by atoms with Crippen molar-refractivity contribution >= 4 is 11.4 Å². The maximum atomic E-state index is 12.9. The lowest BCUT2D eigenvalue weighted by Gasteiger charge is -2.34. The first-order valence-corrected chi connectivity index (χ1v) is 8.19. The van der Waals surface area contributed by atoms with Gasteiger partial charge in [0.2, 0.25) is 6.43 Å². The summed E-state index contributed by atoms with van der Waals surface area (Å²) in [5, 5.41) is 18.7. The summed E-state index contributed by atoms with van der Waals surface area (Å²) >= 11 is 0. The Kier molecular flexibility index (Phi) is 5.85. The minimum Gasteiger partial charge on any atom is -0.375 e. The molecule has 1 unspecified atom stereocenters. The van der Waals surface area contributed by atoms with Crippen LogP contribution in [-0.2, 0) is 0 Å². The van der Waals surface area contributed by atoms with Gasteiger partial charge in [-0.25, -0.2) is 13.8 Å². The maximum absolute atomic E-state index is 12.9. The molecule has 0 amide bonds. The Morgan fingerprint density at radius 2 is 1.88 bits per heavy atom. The summed E-state index contributed by atoms with van der Waals surface area (Å²) in [5.41, 5.74) is 1.42. The van der Waals surface area contributed by atoms with Crippen LogP contribution in [0.4, 0.5) is 8.78 Å². The van der Waals surface area contributed by atoms with E-state index in [9.17, 15) is 8.78 Å². The topological polar surface area (TPSA) is 88.4 Å². The van der Waals surface area contributed by atoms with Gasteiger partial charge >= 0.3 is 0 Å². The van der Waals surface area contributed by atoms with Crippen molar-refractivity contribution in [1.82, 2.24) is 15.3 Å². The van der Waals surface area contributed by atoms with Crippen molar-refractivity contribution in [2.75, 3.05) is 0 Å². The van der Waals surface area contributed by atoms with E-state index in [1.807, 2.05) is 6.92 Å². The Hall–Kier alpha value is -2.05. The Morgan fingerprint density at radius 1 is 1.29 bits per heavy atom. The van der Waals surface area contributed by atoms with Gasteiger partial charge in [0, 0.05) is 5.92 Å². The van der Waals surface area contributed by atoms with Gasteiger partial charge < -0.3 is 15.7 Å². The molecule has 1 atom stereocenters. The fourth-order valence-electron chi connectivity index (χ4n) is 3.26. The maximum Gasteiger partial charge on any atom is 0.241 e. The number of nitrogens with one attached hydrogen (secondary N) is 4. The minimum absolute atomic E-state index is 0.0532. The molecule has 0 spiro atoms. The van der Waals surface area contributed by atoms with Crippen LogP contribution in [0.25, 0.3) is 0 Å². The summed E-state index contributed by atoms with van der Waals surface area (Å²) < 4.78 is 25.8. The smallest absolute Gasteiger partial charge is 0.241 e. The highest BCUT2D eigenvalue weighted by Crippen LogP contribution is 2.39. The molecule has 0 bridgehead atoms. The van der Waals surface area contributed by atoms with Gasteiger partial charge in [0.1, 0.15) is 5.82 Å². The van der Waals surface area contributed by atoms with Crippen LogP contribution in [0, 0.1) is 29.6 Å². The third-order valence-electron chi connectivity index (χ3n) is 4.71. The average molecular weight is 337 g/mol. The highest BCUT2D eigenvalue weighted by atomic mass is 19.3. The van der Waals surface area contributed by atoms with Crippen LogP contribution in [0.2, 0.25) is 0 Å². The van der Waals surface area contributed by atoms with Gasteiger partial charge in [-0.2, -0.15) is 0 Å². The van der Waals surface area contributed by atoms with Gasteiger partial charge in [-0.05, 0) is 45.4 Å². The minimum atomic E-state index is -2.25. The molecule has 1 heterocycles. The van der Waals surface area contributed by atoms with E-state index >= 15 is 0 Å². The molecule has 0 radical (unpaired) electrons. The normalized spacial score (nSPS) is 22.2. The average Bonchev–Trinajstić information content (AvgIpc) is 2.97. The molecule has 4 N–H and O–H groups in total. The molecule has 5 nitrogen and oxygen atoms in total. The van der Waals surface area contributed by atoms with E-state index in [0.717, 1.165) is 11.5 Å². The Balaban J connectivity index is 2.14. The predicted octanol–water partition coefficient (Wildman–Crippen LogP) is 3.99. The van der Waals surface area contributed by atoms with Crippen molar-refractivity contribution in [3.63, 3.8) is 0 Å². The van der Waals surface area contributed by atoms with E-state index in [1.54, 1.807) is 13.1 Å². The van der Waals surface area contributed by atoms with Crippen molar-refractivity contribution in [3.8, 4) is 0 Å². The van der Waals surface area contributed by atoms with Crippen LogP contribution in [0.3, 0.4) is 0 Å². The van der Waals surface area contributed by atoms with E-state index < -0.39 is 12.3 Å². The molecule has 24 heavy (non-hydrogen) atoms. The lowest BCUT2D eigenvalue weighted by Crippen LogP contribution is -2.34. The van der Waals surface area contributed by atoms with E-state index in [2.05, 4.69) is 21.9 Å². The third kappa shape index (κ3) is 4.27. The number of aromatic nitrogens is 2. The fraction of sp³-hybridized carbons (Fsp3) is 0.588. The standard InChI is InChI=1S/C17H25F2N5/c1-9(20)15(21)10(2)23-16(14-8-22-11(3)24-14)12-4-6-13(7-5-12)17(18)19/h8,12-13,16-17,20-21,23H,2,4-7H2,1,3H3,(H,22,24). The second kappa shape index (κ2) is 7.68. The summed E-state index contributed by atoms with van der Waals surface area (Å²) in [6.45, 7) is 7.25. The second-order valence-corrected chi connectivity index (χ2v) is 6.53. The number of hydrogen-bond acceptors (Lipinski definition) is 4. The summed E-state index contributed by atoms with van der Waals surface area (Å²) in [6.07, 6.45) is 1.86. The highest BCUT2D eigenvalue weighted by molar-refractivity contribution is 6.44. The van der Waals surface area contributed by atoms with Crippen molar-refractivity contribution in [2.24, 2.45) is 11.8 Å². The van der Waals surface area contributed by atoms with E-state index in [-0.39, 0.29) is 23.4 Å². The molecular formula is C17H25F2N5. The Labute approximate surface area is 141 Å². The lowest BCUT2D eigenvalue weighted by atomic mass is 9.77. The first-order chi connectivity index (χ1) is 11.3. The SMILES string of the molecule is C=C(NC(c1cnc(C)[nH]1)C1CCC(C(F)F)CC1)C(=N)C(C)=N. The number of rotatable bonds is 7.